The molecule has 0 radical (unpaired) electrons. The predicted octanol–water partition coefficient (Wildman–Crippen LogP) is 2.01. The lowest BCUT2D eigenvalue weighted by atomic mass is 10.1. The zero-order valence-electron chi connectivity index (χ0n) is 12.7. The van der Waals surface area contributed by atoms with Crippen LogP contribution in [0.5, 0.6) is 0 Å². The minimum Gasteiger partial charge on any atom is -0.393 e. The number of urea groups is 1. The molecular weight excluding hydrogens is 274 g/mol. The molecule has 0 saturated carbocycles. The molecule has 0 spiro atoms. The molecule has 3 N–H and O–H groups in total. The summed E-state index contributed by atoms with van der Waals surface area (Å²) in [5.41, 5.74) is 1.06. The van der Waals surface area contributed by atoms with Crippen LogP contribution in [0.4, 0.5) is 4.79 Å². The first-order valence-electron chi connectivity index (χ1n) is 7.01. The maximum atomic E-state index is 11.6. The summed E-state index contributed by atoms with van der Waals surface area (Å²) in [5.74, 6) is 0.271. The molecule has 20 heavy (non-hydrogen) atoms. The van der Waals surface area contributed by atoms with Gasteiger partial charge in [0.2, 0.25) is 0 Å². The van der Waals surface area contributed by atoms with Crippen molar-refractivity contribution < 1.29 is 9.90 Å². The van der Waals surface area contributed by atoms with Crippen LogP contribution in [0.3, 0.4) is 0 Å². The lowest BCUT2D eigenvalue weighted by molar-refractivity contribution is 0.163. The highest BCUT2D eigenvalue weighted by Crippen LogP contribution is 2.16. The van der Waals surface area contributed by atoms with Crippen LogP contribution in [0.1, 0.15) is 35.8 Å². The third kappa shape index (κ3) is 6.34. The molecule has 5 nitrogen and oxygen atoms in total. The Balaban J connectivity index is 2.19. The number of carbonyl (C=O) groups excluding carboxylic acids is 1. The number of hydrogen-bond acceptors (Lipinski definition) is 4. The lowest BCUT2D eigenvalue weighted by Crippen LogP contribution is -2.39. The number of aryl methyl sites for hydroxylation is 2. The van der Waals surface area contributed by atoms with Gasteiger partial charge in [0.25, 0.3) is 0 Å². The average Bonchev–Trinajstić information content (AvgIpc) is 2.64. The predicted molar refractivity (Wildman–Crippen MR) is 82.2 cm³/mol. The van der Waals surface area contributed by atoms with Crippen LogP contribution in [0.2, 0.25) is 0 Å². The summed E-state index contributed by atoms with van der Waals surface area (Å²) in [6.07, 6.45) is 1.18. The first kappa shape index (κ1) is 16.9. The minimum absolute atomic E-state index is 0.152. The van der Waals surface area contributed by atoms with Crippen molar-refractivity contribution >= 4 is 17.4 Å². The summed E-state index contributed by atoms with van der Waals surface area (Å²) in [4.78, 5) is 17.2. The van der Waals surface area contributed by atoms with Gasteiger partial charge in [0, 0.05) is 24.4 Å². The van der Waals surface area contributed by atoms with E-state index in [4.69, 9.17) is 0 Å². The number of nitrogens with zero attached hydrogens (tertiary/aromatic N) is 1. The molecule has 0 fully saturated rings. The Hall–Kier alpha value is -1.14. The van der Waals surface area contributed by atoms with Crippen molar-refractivity contribution in [1.29, 1.82) is 0 Å². The van der Waals surface area contributed by atoms with Gasteiger partial charge in [-0.15, -0.1) is 11.3 Å². The van der Waals surface area contributed by atoms with Gasteiger partial charge in [0.05, 0.1) is 16.8 Å². The molecule has 0 aliphatic rings. The topological polar surface area (TPSA) is 74.2 Å². The van der Waals surface area contributed by atoms with Crippen LogP contribution in [0.25, 0.3) is 0 Å². The van der Waals surface area contributed by atoms with Gasteiger partial charge in [-0.1, -0.05) is 6.92 Å². The summed E-state index contributed by atoms with van der Waals surface area (Å²) in [7, 11) is 0. The Labute approximate surface area is 124 Å². The van der Waals surface area contributed by atoms with Gasteiger partial charge in [0.15, 0.2) is 0 Å². The van der Waals surface area contributed by atoms with Gasteiger partial charge in [0.1, 0.15) is 0 Å². The number of carbonyl (C=O) groups is 1. The van der Waals surface area contributed by atoms with E-state index in [1.807, 2.05) is 20.8 Å². The van der Waals surface area contributed by atoms with E-state index in [1.165, 1.54) is 4.88 Å². The summed E-state index contributed by atoms with van der Waals surface area (Å²) in [5, 5.41) is 16.0. The van der Waals surface area contributed by atoms with Crippen molar-refractivity contribution in [3.63, 3.8) is 0 Å². The van der Waals surface area contributed by atoms with E-state index < -0.39 is 0 Å². The quantitative estimate of drug-likeness (QED) is 0.721. The van der Waals surface area contributed by atoms with Crippen molar-refractivity contribution in [3.05, 3.63) is 15.6 Å². The molecule has 2 atom stereocenters. The van der Waals surface area contributed by atoms with E-state index in [0.29, 0.717) is 19.5 Å². The van der Waals surface area contributed by atoms with Crippen molar-refractivity contribution in [1.82, 2.24) is 15.6 Å². The highest BCUT2D eigenvalue weighted by atomic mass is 32.1. The molecule has 1 aromatic rings. The molecule has 114 valence electrons. The number of amides is 2. The zero-order valence-corrected chi connectivity index (χ0v) is 13.5. The van der Waals surface area contributed by atoms with Crippen LogP contribution >= 0.6 is 11.3 Å². The number of aliphatic hydroxyl groups excluding tert-OH is 1. The van der Waals surface area contributed by atoms with E-state index in [9.17, 15) is 9.90 Å². The fourth-order valence-corrected chi connectivity index (χ4v) is 3.03. The SMILES string of the molecule is Cc1nc(C)c(CCNC(=O)NCC(C)CC(C)O)s1. The first-order valence-corrected chi connectivity index (χ1v) is 7.82. The maximum absolute atomic E-state index is 11.6. The molecule has 0 aromatic carbocycles. The second-order valence-corrected chi connectivity index (χ2v) is 6.61. The first-order chi connectivity index (χ1) is 9.38. The van der Waals surface area contributed by atoms with Gasteiger partial charge in [-0.25, -0.2) is 9.78 Å². The van der Waals surface area contributed by atoms with Gasteiger partial charge in [-0.2, -0.15) is 0 Å². The summed E-state index contributed by atoms with van der Waals surface area (Å²) in [6.45, 7) is 8.95. The molecule has 2 unspecified atom stereocenters. The highest BCUT2D eigenvalue weighted by Gasteiger charge is 2.09. The van der Waals surface area contributed by atoms with E-state index in [2.05, 4.69) is 15.6 Å². The largest absolute Gasteiger partial charge is 0.393 e. The molecule has 1 rings (SSSR count). The summed E-state index contributed by atoms with van der Waals surface area (Å²) < 4.78 is 0. The zero-order chi connectivity index (χ0) is 15.1. The Bertz CT molecular complexity index is 432. The highest BCUT2D eigenvalue weighted by molar-refractivity contribution is 7.11. The Morgan fingerprint density at radius 2 is 2.05 bits per heavy atom. The Morgan fingerprint density at radius 3 is 2.60 bits per heavy atom. The number of aliphatic hydroxyl groups is 1. The average molecular weight is 299 g/mol. The molecule has 0 saturated heterocycles. The molecule has 0 aliphatic heterocycles. The van der Waals surface area contributed by atoms with Crippen molar-refractivity contribution in [2.75, 3.05) is 13.1 Å². The van der Waals surface area contributed by atoms with Gasteiger partial charge in [-0.05, 0) is 33.1 Å². The third-order valence-electron chi connectivity index (χ3n) is 2.99. The molecule has 1 aromatic heterocycles. The summed E-state index contributed by atoms with van der Waals surface area (Å²) in [6, 6.07) is -0.152. The van der Waals surface area contributed by atoms with Crippen molar-refractivity contribution in [2.24, 2.45) is 5.92 Å². The van der Waals surface area contributed by atoms with E-state index in [0.717, 1.165) is 17.1 Å². The Morgan fingerprint density at radius 1 is 1.35 bits per heavy atom. The van der Waals surface area contributed by atoms with Crippen LogP contribution in [0, 0.1) is 19.8 Å². The molecule has 6 heteroatoms. The van der Waals surface area contributed by atoms with Crippen LogP contribution in [0.15, 0.2) is 0 Å². The van der Waals surface area contributed by atoms with Crippen LogP contribution in [-0.4, -0.2) is 35.3 Å². The molecule has 0 aliphatic carbocycles. The van der Waals surface area contributed by atoms with Crippen LogP contribution in [-0.2, 0) is 6.42 Å². The second kappa shape index (κ2) is 8.21. The van der Waals surface area contributed by atoms with E-state index in [1.54, 1.807) is 18.3 Å². The smallest absolute Gasteiger partial charge is 0.314 e. The number of rotatable bonds is 7. The molecular formula is C14H25N3O2S. The second-order valence-electron chi connectivity index (χ2n) is 5.32. The third-order valence-corrected chi connectivity index (χ3v) is 4.12. The van der Waals surface area contributed by atoms with Gasteiger partial charge >= 0.3 is 6.03 Å². The normalized spacial score (nSPS) is 13.8. The fourth-order valence-electron chi connectivity index (χ4n) is 2.09. The Kier molecular flexibility index (Phi) is 6.95. The number of aromatic nitrogens is 1. The van der Waals surface area contributed by atoms with Gasteiger partial charge in [-0.3, -0.25) is 0 Å². The molecule has 1 heterocycles. The summed E-state index contributed by atoms with van der Waals surface area (Å²) >= 11 is 1.68. The minimum atomic E-state index is -0.326. The van der Waals surface area contributed by atoms with Crippen LogP contribution < -0.4 is 10.6 Å². The number of hydrogen-bond donors (Lipinski definition) is 3. The number of nitrogens with one attached hydrogen (secondary N) is 2. The monoisotopic (exact) mass is 299 g/mol. The van der Waals surface area contributed by atoms with Crippen molar-refractivity contribution in [2.45, 2.75) is 46.6 Å². The van der Waals surface area contributed by atoms with Crippen molar-refractivity contribution in [3.8, 4) is 0 Å². The van der Waals surface area contributed by atoms with Gasteiger partial charge < -0.3 is 15.7 Å². The fraction of sp³-hybridized carbons (Fsp3) is 0.714. The maximum Gasteiger partial charge on any atom is 0.314 e. The lowest BCUT2D eigenvalue weighted by Gasteiger charge is -2.14. The van der Waals surface area contributed by atoms with E-state index in [-0.39, 0.29) is 18.1 Å². The van der Waals surface area contributed by atoms with E-state index >= 15 is 0 Å². The molecule has 0 bridgehead atoms. The number of thiazole rings is 1. The molecule has 2 amide bonds. The standard InChI is InChI=1S/C14H25N3O2S/c1-9(7-10(2)18)8-16-14(19)15-6-5-13-11(3)17-12(4)20-13/h9-10,18H,5-8H2,1-4H3,(H2,15,16,19).